The smallest absolute Gasteiger partial charge is 0.264 e. The fourth-order valence-electron chi connectivity index (χ4n) is 6.38. The quantitative estimate of drug-likeness (QED) is 0.287. The van der Waals surface area contributed by atoms with Gasteiger partial charge in [-0.05, 0) is 61.1 Å². The van der Waals surface area contributed by atoms with Gasteiger partial charge < -0.3 is 19.3 Å². The summed E-state index contributed by atoms with van der Waals surface area (Å²) in [5.74, 6) is -0.223. The summed E-state index contributed by atoms with van der Waals surface area (Å²) in [7, 11) is -4.17. The molecule has 48 heavy (non-hydrogen) atoms. The minimum atomic E-state index is -4.17. The molecule has 2 aromatic heterocycles. The molecule has 11 nitrogen and oxygen atoms in total. The van der Waals surface area contributed by atoms with Crippen LogP contribution in [-0.4, -0.2) is 73.1 Å². The lowest BCUT2D eigenvalue weighted by atomic mass is 9.87. The third kappa shape index (κ3) is 7.44. The Kier molecular flexibility index (Phi) is 9.39. The van der Waals surface area contributed by atoms with E-state index in [4.69, 9.17) is 9.47 Å². The van der Waals surface area contributed by atoms with E-state index in [2.05, 4.69) is 45.3 Å². The zero-order valence-electron chi connectivity index (χ0n) is 28.1. The number of sulfonamides is 1. The Bertz CT molecular complexity index is 1900. The molecule has 1 amide bonds. The highest BCUT2D eigenvalue weighted by Crippen LogP contribution is 2.32. The van der Waals surface area contributed by atoms with Gasteiger partial charge in [0.15, 0.2) is 0 Å². The van der Waals surface area contributed by atoms with E-state index in [1.54, 1.807) is 35.5 Å². The number of nitrogens with zero attached hydrogens (tertiary/aromatic N) is 5. The van der Waals surface area contributed by atoms with Gasteiger partial charge in [0.25, 0.3) is 15.9 Å². The number of fused-ring (bicyclic) bond motifs is 4. The Morgan fingerprint density at radius 1 is 0.979 bits per heavy atom. The van der Waals surface area contributed by atoms with E-state index in [9.17, 15) is 13.2 Å². The van der Waals surface area contributed by atoms with Crippen LogP contribution in [0.15, 0.2) is 71.9 Å². The lowest BCUT2D eigenvalue weighted by Gasteiger charge is -2.37. The lowest BCUT2D eigenvalue weighted by Crippen LogP contribution is -2.45. The molecule has 0 spiro atoms. The largest absolute Gasteiger partial charge is 0.475 e. The maximum Gasteiger partial charge on any atom is 0.264 e. The number of hydrogen-bond donors (Lipinski definition) is 1. The van der Waals surface area contributed by atoms with Gasteiger partial charge in [-0.3, -0.25) is 9.78 Å². The van der Waals surface area contributed by atoms with E-state index in [1.165, 1.54) is 12.1 Å². The Morgan fingerprint density at radius 2 is 1.71 bits per heavy atom. The first-order valence-corrected chi connectivity index (χ1v) is 17.6. The number of carbonyl (C=O) groups is 1. The number of aromatic nitrogens is 3. The average molecular weight is 671 g/mol. The highest BCUT2D eigenvalue weighted by molar-refractivity contribution is 7.92. The topological polar surface area (TPSA) is 127 Å². The second kappa shape index (κ2) is 13.5. The monoisotopic (exact) mass is 670 g/mol. The minimum Gasteiger partial charge on any atom is -0.475 e. The summed E-state index contributed by atoms with van der Waals surface area (Å²) < 4.78 is 42.0. The highest BCUT2D eigenvalue weighted by atomic mass is 32.2. The molecule has 2 aromatic carbocycles. The summed E-state index contributed by atoms with van der Waals surface area (Å²) in [5, 5.41) is 0. The summed E-state index contributed by atoms with van der Waals surface area (Å²) in [5.41, 5.74) is 5.28. The molecule has 2 aliphatic rings. The van der Waals surface area contributed by atoms with Gasteiger partial charge in [0.05, 0.1) is 29.8 Å². The first-order valence-electron chi connectivity index (χ1n) is 16.2. The second-order valence-electron chi connectivity index (χ2n) is 13.6. The van der Waals surface area contributed by atoms with Crippen molar-refractivity contribution in [3.63, 3.8) is 0 Å². The fourth-order valence-corrected chi connectivity index (χ4v) is 7.37. The van der Waals surface area contributed by atoms with Gasteiger partial charge >= 0.3 is 0 Å². The predicted octanol–water partition coefficient (Wildman–Crippen LogP) is 5.63. The minimum absolute atomic E-state index is 0.0705. The van der Waals surface area contributed by atoms with Crippen molar-refractivity contribution >= 4 is 27.6 Å². The molecular weight excluding hydrogens is 629 g/mol. The Hall–Kier alpha value is -4.55. The summed E-state index contributed by atoms with van der Waals surface area (Å²) >= 11 is 0. The van der Waals surface area contributed by atoms with Gasteiger partial charge in [0.1, 0.15) is 6.61 Å². The Morgan fingerprint density at radius 3 is 2.44 bits per heavy atom. The number of carbonyl (C=O) groups excluding carboxylic acids is 1. The third-order valence-corrected chi connectivity index (χ3v) is 9.93. The summed E-state index contributed by atoms with van der Waals surface area (Å²) in [6, 6.07) is 15.3. The molecule has 1 saturated heterocycles. The van der Waals surface area contributed by atoms with Crippen molar-refractivity contribution in [2.75, 3.05) is 42.5 Å². The predicted molar refractivity (Wildman–Crippen MR) is 185 cm³/mol. The van der Waals surface area contributed by atoms with Crippen LogP contribution in [0.3, 0.4) is 0 Å². The van der Waals surface area contributed by atoms with Crippen LogP contribution in [0.25, 0.3) is 11.3 Å². The number of pyridine rings is 1. The van der Waals surface area contributed by atoms with Gasteiger partial charge in [-0.1, -0.05) is 45.0 Å². The van der Waals surface area contributed by atoms with Crippen LogP contribution in [0.4, 0.5) is 11.6 Å². The molecule has 4 aromatic rings. The van der Waals surface area contributed by atoms with Crippen molar-refractivity contribution in [2.45, 2.75) is 58.5 Å². The first-order chi connectivity index (χ1) is 22.9. The van der Waals surface area contributed by atoms with E-state index >= 15 is 0 Å². The molecule has 2 aliphatic heterocycles. The van der Waals surface area contributed by atoms with Crippen molar-refractivity contribution in [3.8, 4) is 17.1 Å². The molecule has 4 heterocycles. The molecule has 4 bridgehead atoms. The van der Waals surface area contributed by atoms with E-state index in [0.29, 0.717) is 25.3 Å². The number of anilines is 2. The van der Waals surface area contributed by atoms with Crippen LogP contribution in [0.1, 0.15) is 54.2 Å². The normalized spacial score (nSPS) is 18.2. The second-order valence-corrected chi connectivity index (χ2v) is 15.3. The number of benzene rings is 2. The van der Waals surface area contributed by atoms with E-state index in [1.807, 2.05) is 38.1 Å². The Labute approximate surface area is 282 Å². The van der Waals surface area contributed by atoms with E-state index in [0.717, 1.165) is 41.0 Å². The maximum absolute atomic E-state index is 14.6. The molecule has 12 heteroatoms. The fraction of sp³-hybridized carbons (Fsp3) is 0.389. The van der Waals surface area contributed by atoms with Crippen molar-refractivity contribution in [2.24, 2.45) is 5.41 Å². The van der Waals surface area contributed by atoms with Crippen LogP contribution in [0.5, 0.6) is 5.88 Å². The van der Waals surface area contributed by atoms with Crippen LogP contribution in [0, 0.1) is 19.3 Å². The number of ether oxygens (including phenoxy) is 2. The number of aryl methyl sites for hydroxylation is 2. The Balaban J connectivity index is 1.49. The van der Waals surface area contributed by atoms with Crippen LogP contribution in [-0.2, 0) is 21.3 Å². The molecule has 1 atom stereocenters. The van der Waals surface area contributed by atoms with Crippen molar-refractivity contribution in [3.05, 3.63) is 89.2 Å². The summed E-state index contributed by atoms with van der Waals surface area (Å²) in [6.07, 6.45) is 4.16. The van der Waals surface area contributed by atoms with E-state index in [-0.39, 0.29) is 46.8 Å². The molecule has 0 radical (unpaired) electrons. The molecule has 6 rings (SSSR count). The number of hydrogen-bond acceptors (Lipinski definition) is 9. The number of nitrogens with one attached hydrogen (secondary N) is 1. The van der Waals surface area contributed by atoms with Crippen molar-refractivity contribution < 1.29 is 22.7 Å². The zero-order chi connectivity index (χ0) is 34.1. The van der Waals surface area contributed by atoms with Crippen molar-refractivity contribution in [1.29, 1.82) is 0 Å². The third-order valence-electron chi connectivity index (χ3n) is 8.60. The van der Waals surface area contributed by atoms with Crippen molar-refractivity contribution in [1.82, 2.24) is 19.9 Å². The first kappa shape index (κ1) is 33.4. The van der Waals surface area contributed by atoms with Gasteiger partial charge in [0, 0.05) is 60.5 Å². The number of amides is 1. The molecule has 1 fully saturated rings. The van der Waals surface area contributed by atoms with Gasteiger partial charge in [0.2, 0.25) is 11.8 Å². The highest BCUT2D eigenvalue weighted by Gasteiger charge is 2.32. The standard InChI is InChI=1S/C36H42N6O5S/c1-24-8-6-9-25(2)33(24)30-19-32-39-35(38-30)40-48(44,45)29-11-7-10-26(18-29)34(43)42(28(23-47-32)20-36(3,4)5)22-27-21-37-13-12-31(27)41-14-16-46-17-15-41/h6-13,18-19,21,28H,14-17,20,22-23H2,1-5H3,(H,38,39,40)/t28-/m1/s1. The molecule has 0 saturated carbocycles. The SMILES string of the molecule is Cc1cccc(C)c1-c1cc2nc(n1)NS(=O)(=O)c1cccc(c1)C(=O)N(Cc1cnccc1N1CCOCC1)[C@H](CC(C)(C)C)CO2. The van der Waals surface area contributed by atoms with Gasteiger partial charge in [-0.25, -0.2) is 18.1 Å². The molecule has 252 valence electrons. The number of rotatable bonds is 5. The van der Waals surface area contributed by atoms with Crippen LogP contribution < -0.4 is 14.4 Å². The van der Waals surface area contributed by atoms with E-state index < -0.39 is 16.1 Å². The van der Waals surface area contributed by atoms with Gasteiger partial charge in [-0.15, -0.1) is 0 Å². The number of morpholine rings is 1. The molecule has 1 N–H and O–H groups in total. The average Bonchev–Trinajstić information content (AvgIpc) is 3.05. The lowest BCUT2D eigenvalue weighted by molar-refractivity contribution is 0.0512. The zero-order valence-corrected chi connectivity index (χ0v) is 28.9. The van der Waals surface area contributed by atoms with Crippen LogP contribution in [0.2, 0.25) is 0 Å². The van der Waals surface area contributed by atoms with Gasteiger partial charge in [-0.2, -0.15) is 4.98 Å². The molecule has 0 aliphatic carbocycles. The summed E-state index contributed by atoms with van der Waals surface area (Å²) in [4.78, 5) is 32.1. The summed E-state index contributed by atoms with van der Waals surface area (Å²) in [6.45, 7) is 13.4. The maximum atomic E-state index is 14.6. The molecule has 0 unspecified atom stereocenters. The van der Waals surface area contributed by atoms with Crippen LogP contribution >= 0.6 is 0 Å². The molecular formula is C36H42N6O5S.